The molecule has 0 aliphatic carbocycles. The summed E-state index contributed by atoms with van der Waals surface area (Å²) in [6.07, 6.45) is 1.63. The summed E-state index contributed by atoms with van der Waals surface area (Å²) in [7, 11) is 0. The Balaban J connectivity index is 2.17. The molecule has 0 saturated heterocycles. The highest BCUT2D eigenvalue weighted by Gasteiger charge is 2.21. The Morgan fingerprint density at radius 2 is 2.12 bits per heavy atom. The van der Waals surface area contributed by atoms with Gasteiger partial charge in [-0.1, -0.05) is 18.2 Å². The second kappa shape index (κ2) is 4.14. The van der Waals surface area contributed by atoms with E-state index < -0.39 is 0 Å². The van der Waals surface area contributed by atoms with Crippen molar-refractivity contribution in [2.24, 2.45) is 0 Å². The minimum atomic E-state index is 0.482. The molecule has 1 aliphatic heterocycles. The van der Waals surface area contributed by atoms with Crippen molar-refractivity contribution >= 4 is 6.29 Å². The lowest BCUT2D eigenvalue weighted by Gasteiger charge is -2.10. The van der Waals surface area contributed by atoms with E-state index in [0.717, 1.165) is 29.7 Å². The predicted molar refractivity (Wildman–Crippen MR) is 62.3 cm³/mol. The summed E-state index contributed by atoms with van der Waals surface area (Å²) in [4.78, 5) is 11.2. The van der Waals surface area contributed by atoms with Gasteiger partial charge in [0.05, 0.1) is 24.6 Å². The molecular weight excluding hydrogens is 216 g/mol. The number of fused-ring (bicyclic) bond motifs is 1. The normalized spacial score (nSPS) is 14.4. The third kappa shape index (κ3) is 1.66. The van der Waals surface area contributed by atoms with Crippen molar-refractivity contribution < 1.29 is 9.53 Å². The van der Waals surface area contributed by atoms with E-state index >= 15 is 0 Å². The van der Waals surface area contributed by atoms with Crippen LogP contribution in [-0.4, -0.2) is 22.7 Å². The zero-order valence-electron chi connectivity index (χ0n) is 9.30. The van der Waals surface area contributed by atoms with Gasteiger partial charge in [-0.15, -0.1) is 0 Å². The molecular formula is C13H12N2O2. The van der Waals surface area contributed by atoms with E-state index in [-0.39, 0.29) is 0 Å². The monoisotopic (exact) mass is 228 g/mol. The molecule has 86 valence electrons. The van der Waals surface area contributed by atoms with Crippen LogP contribution in [0.5, 0.6) is 0 Å². The maximum Gasteiger partial charge on any atom is 0.168 e. The Kier molecular flexibility index (Phi) is 2.49. The first-order valence-corrected chi connectivity index (χ1v) is 5.59. The molecule has 0 atom stereocenters. The first-order chi connectivity index (χ1) is 8.40. The number of carbonyl (C=O) groups excluding carboxylic acids is 1. The molecule has 4 heteroatoms. The minimum Gasteiger partial charge on any atom is -0.376 e. The van der Waals surface area contributed by atoms with E-state index in [2.05, 4.69) is 5.10 Å². The number of hydrogen-bond acceptors (Lipinski definition) is 3. The summed E-state index contributed by atoms with van der Waals surface area (Å²) < 4.78 is 7.08. The zero-order chi connectivity index (χ0) is 11.7. The van der Waals surface area contributed by atoms with E-state index in [4.69, 9.17) is 4.74 Å². The number of aromatic nitrogens is 2. The molecule has 1 aliphatic rings. The molecule has 1 aromatic heterocycles. The standard InChI is InChI=1S/C13H12N2O2/c16-8-13-11-9-17-7-6-12(11)14-15(13)10-4-2-1-3-5-10/h1-5,8H,6-7,9H2. The molecule has 0 radical (unpaired) electrons. The molecule has 0 bridgehead atoms. The van der Waals surface area contributed by atoms with Crippen molar-refractivity contribution in [2.45, 2.75) is 13.0 Å². The lowest BCUT2D eigenvalue weighted by molar-refractivity contribution is 0.105. The van der Waals surface area contributed by atoms with E-state index in [1.165, 1.54) is 0 Å². The second-order valence-electron chi connectivity index (χ2n) is 3.98. The summed E-state index contributed by atoms with van der Waals surface area (Å²) in [5, 5.41) is 4.50. The number of hydrogen-bond donors (Lipinski definition) is 0. The number of benzene rings is 1. The molecule has 2 aromatic rings. The van der Waals surface area contributed by atoms with Crippen molar-refractivity contribution in [1.29, 1.82) is 0 Å². The highest BCUT2D eigenvalue weighted by molar-refractivity contribution is 5.76. The third-order valence-electron chi connectivity index (χ3n) is 2.95. The fraction of sp³-hybridized carbons (Fsp3) is 0.231. The van der Waals surface area contributed by atoms with Crippen molar-refractivity contribution in [1.82, 2.24) is 9.78 Å². The van der Waals surface area contributed by atoms with Gasteiger partial charge >= 0.3 is 0 Å². The molecule has 0 amide bonds. The fourth-order valence-electron chi connectivity index (χ4n) is 2.10. The largest absolute Gasteiger partial charge is 0.376 e. The number of aldehydes is 1. The Bertz CT molecular complexity index is 546. The number of rotatable bonds is 2. The molecule has 0 unspecified atom stereocenters. The average molecular weight is 228 g/mol. The van der Waals surface area contributed by atoms with Crippen molar-refractivity contribution in [3.05, 3.63) is 47.3 Å². The van der Waals surface area contributed by atoms with E-state index in [9.17, 15) is 4.79 Å². The zero-order valence-corrected chi connectivity index (χ0v) is 9.30. The van der Waals surface area contributed by atoms with Crippen LogP contribution in [0.2, 0.25) is 0 Å². The Morgan fingerprint density at radius 1 is 1.29 bits per heavy atom. The van der Waals surface area contributed by atoms with Gasteiger partial charge < -0.3 is 4.74 Å². The number of ether oxygens (including phenoxy) is 1. The van der Waals surface area contributed by atoms with Crippen LogP contribution in [0.15, 0.2) is 30.3 Å². The molecule has 17 heavy (non-hydrogen) atoms. The van der Waals surface area contributed by atoms with E-state index in [1.54, 1.807) is 4.68 Å². The molecule has 1 aromatic carbocycles. The number of nitrogens with zero attached hydrogens (tertiary/aromatic N) is 2. The van der Waals surface area contributed by atoms with Gasteiger partial charge in [-0.25, -0.2) is 4.68 Å². The van der Waals surface area contributed by atoms with Crippen LogP contribution in [0, 0.1) is 0 Å². The number of carbonyl (C=O) groups is 1. The Labute approximate surface area is 98.8 Å². The molecule has 0 spiro atoms. The van der Waals surface area contributed by atoms with Gasteiger partial charge in [0.2, 0.25) is 0 Å². The Morgan fingerprint density at radius 3 is 2.88 bits per heavy atom. The van der Waals surface area contributed by atoms with Crippen molar-refractivity contribution in [3.63, 3.8) is 0 Å². The van der Waals surface area contributed by atoms with Crippen LogP contribution in [0.1, 0.15) is 21.7 Å². The minimum absolute atomic E-state index is 0.482. The van der Waals surface area contributed by atoms with Crippen LogP contribution in [0.4, 0.5) is 0 Å². The SMILES string of the molecule is O=Cc1c2c(nn1-c1ccccc1)CCOC2. The maximum atomic E-state index is 11.2. The highest BCUT2D eigenvalue weighted by Crippen LogP contribution is 2.21. The average Bonchev–Trinajstić information content (AvgIpc) is 2.78. The van der Waals surface area contributed by atoms with Crippen LogP contribution >= 0.6 is 0 Å². The summed E-state index contributed by atoms with van der Waals surface area (Å²) in [5.41, 5.74) is 3.41. The predicted octanol–water partition coefficient (Wildman–Crippen LogP) is 1.76. The van der Waals surface area contributed by atoms with Gasteiger partial charge in [-0.05, 0) is 12.1 Å². The third-order valence-corrected chi connectivity index (χ3v) is 2.95. The van der Waals surface area contributed by atoms with Gasteiger partial charge in [-0.3, -0.25) is 4.79 Å². The van der Waals surface area contributed by atoms with Gasteiger partial charge in [0, 0.05) is 12.0 Å². The van der Waals surface area contributed by atoms with E-state index in [1.807, 2.05) is 30.3 Å². The van der Waals surface area contributed by atoms with Crippen LogP contribution in [0.3, 0.4) is 0 Å². The van der Waals surface area contributed by atoms with Crippen LogP contribution < -0.4 is 0 Å². The van der Waals surface area contributed by atoms with Gasteiger partial charge in [0.25, 0.3) is 0 Å². The van der Waals surface area contributed by atoms with Gasteiger partial charge in [-0.2, -0.15) is 5.10 Å². The Hall–Kier alpha value is -1.94. The second-order valence-corrected chi connectivity index (χ2v) is 3.98. The fourth-order valence-corrected chi connectivity index (χ4v) is 2.10. The summed E-state index contributed by atoms with van der Waals surface area (Å²) in [6.45, 7) is 1.16. The lowest BCUT2D eigenvalue weighted by atomic mass is 10.1. The summed E-state index contributed by atoms with van der Waals surface area (Å²) >= 11 is 0. The van der Waals surface area contributed by atoms with Crippen LogP contribution in [-0.2, 0) is 17.8 Å². The smallest absolute Gasteiger partial charge is 0.168 e. The highest BCUT2D eigenvalue weighted by atomic mass is 16.5. The quantitative estimate of drug-likeness (QED) is 0.736. The molecule has 0 saturated carbocycles. The van der Waals surface area contributed by atoms with E-state index in [0.29, 0.717) is 18.9 Å². The topological polar surface area (TPSA) is 44.1 Å². The van der Waals surface area contributed by atoms with Crippen molar-refractivity contribution in [2.75, 3.05) is 6.61 Å². The molecule has 0 N–H and O–H groups in total. The molecule has 2 heterocycles. The lowest BCUT2D eigenvalue weighted by Crippen LogP contribution is -2.09. The maximum absolute atomic E-state index is 11.2. The summed E-state index contributed by atoms with van der Waals surface area (Å²) in [6, 6.07) is 9.68. The molecule has 0 fully saturated rings. The molecule has 3 rings (SSSR count). The van der Waals surface area contributed by atoms with Crippen molar-refractivity contribution in [3.8, 4) is 5.69 Å². The first kappa shape index (κ1) is 10.2. The molecule has 4 nitrogen and oxygen atoms in total. The van der Waals surface area contributed by atoms with Gasteiger partial charge in [0.1, 0.15) is 5.69 Å². The van der Waals surface area contributed by atoms with Crippen LogP contribution in [0.25, 0.3) is 5.69 Å². The summed E-state index contributed by atoms with van der Waals surface area (Å²) in [5.74, 6) is 0. The number of para-hydroxylation sites is 1. The first-order valence-electron chi connectivity index (χ1n) is 5.59. The van der Waals surface area contributed by atoms with Gasteiger partial charge in [0.15, 0.2) is 6.29 Å².